The molecule has 0 radical (unpaired) electrons. The van der Waals surface area contributed by atoms with Gasteiger partial charge in [0, 0.05) is 12.7 Å². The fourth-order valence-corrected chi connectivity index (χ4v) is 1.76. The molecule has 0 aliphatic heterocycles. The van der Waals surface area contributed by atoms with Crippen LogP contribution >= 0.6 is 0 Å². The zero-order valence-corrected chi connectivity index (χ0v) is 11.1. The minimum absolute atomic E-state index is 0.268. The average molecular weight is 252 g/mol. The fraction of sp³-hybridized carbons (Fsp3) is 0.176. The van der Waals surface area contributed by atoms with E-state index < -0.39 is 0 Å². The van der Waals surface area contributed by atoms with Crippen molar-refractivity contribution in [1.82, 2.24) is 0 Å². The van der Waals surface area contributed by atoms with Gasteiger partial charge in [0.25, 0.3) is 0 Å². The Morgan fingerprint density at radius 1 is 0.895 bits per heavy atom. The first-order chi connectivity index (χ1) is 9.33. The highest BCUT2D eigenvalue weighted by molar-refractivity contribution is 5.65. The molecule has 0 heterocycles. The van der Waals surface area contributed by atoms with Gasteiger partial charge in [-0.1, -0.05) is 30.2 Å². The van der Waals surface area contributed by atoms with Crippen molar-refractivity contribution in [3.05, 3.63) is 54.1 Å². The molecule has 0 unspecified atom stereocenters. The summed E-state index contributed by atoms with van der Waals surface area (Å²) in [6.45, 7) is 2.11. The Morgan fingerprint density at radius 3 is 2.00 bits per heavy atom. The van der Waals surface area contributed by atoms with E-state index in [1.807, 2.05) is 43.3 Å². The zero-order chi connectivity index (χ0) is 13.5. The third-order valence-corrected chi connectivity index (χ3v) is 2.69. The molecule has 0 aliphatic rings. The van der Waals surface area contributed by atoms with Crippen LogP contribution in [0.5, 0.6) is 5.75 Å². The molecule has 0 saturated carbocycles. The standard InChI is InChI=1S/C17H16O2/c1-3-4-14-5-7-15(8-6-14)16-9-11-17(12-10-16)19-13-18-2/h5-12H,13H2,1-2H3. The van der Waals surface area contributed by atoms with Crippen molar-refractivity contribution in [3.63, 3.8) is 0 Å². The largest absolute Gasteiger partial charge is 0.468 e. The highest BCUT2D eigenvalue weighted by Crippen LogP contribution is 2.22. The number of benzene rings is 2. The molecule has 2 aromatic carbocycles. The van der Waals surface area contributed by atoms with E-state index in [1.165, 1.54) is 5.56 Å². The first-order valence-corrected chi connectivity index (χ1v) is 6.08. The van der Waals surface area contributed by atoms with Crippen molar-refractivity contribution in [2.24, 2.45) is 0 Å². The Kier molecular flexibility index (Phi) is 4.60. The molecular formula is C17H16O2. The maximum atomic E-state index is 5.36. The molecule has 2 rings (SSSR count). The van der Waals surface area contributed by atoms with E-state index in [1.54, 1.807) is 7.11 Å². The predicted octanol–water partition coefficient (Wildman–Crippen LogP) is 3.71. The molecule has 2 aromatic rings. The molecule has 0 N–H and O–H groups in total. The molecule has 19 heavy (non-hydrogen) atoms. The van der Waals surface area contributed by atoms with E-state index in [2.05, 4.69) is 24.0 Å². The lowest BCUT2D eigenvalue weighted by Crippen LogP contribution is -1.98. The van der Waals surface area contributed by atoms with Gasteiger partial charge in [0.15, 0.2) is 6.79 Å². The lowest BCUT2D eigenvalue weighted by Gasteiger charge is -2.06. The molecular weight excluding hydrogens is 236 g/mol. The van der Waals surface area contributed by atoms with Gasteiger partial charge >= 0.3 is 0 Å². The van der Waals surface area contributed by atoms with Gasteiger partial charge in [-0.05, 0) is 42.3 Å². The Morgan fingerprint density at radius 2 is 1.47 bits per heavy atom. The van der Waals surface area contributed by atoms with Gasteiger partial charge in [-0.3, -0.25) is 0 Å². The minimum Gasteiger partial charge on any atom is -0.468 e. The molecule has 2 nitrogen and oxygen atoms in total. The lowest BCUT2D eigenvalue weighted by atomic mass is 10.0. The zero-order valence-electron chi connectivity index (χ0n) is 11.1. The summed E-state index contributed by atoms with van der Waals surface area (Å²) in [7, 11) is 1.61. The summed E-state index contributed by atoms with van der Waals surface area (Å²) in [6.07, 6.45) is 0. The quantitative estimate of drug-likeness (QED) is 0.610. The second-order valence-electron chi connectivity index (χ2n) is 4.03. The smallest absolute Gasteiger partial charge is 0.188 e. The van der Waals surface area contributed by atoms with Gasteiger partial charge in [-0.15, -0.1) is 5.92 Å². The molecule has 0 aliphatic carbocycles. The Labute approximate surface area is 114 Å². The second-order valence-corrected chi connectivity index (χ2v) is 4.03. The van der Waals surface area contributed by atoms with Crippen LogP contribution in [0.3, 0.4) is 0 Å². The van der Waals surface area contributed by atoms with Crippen LogP contribution in [0.25, 0.3) is 11.1 Å². The fourth-order valence-electron chi connectivity index (χ4n) is 1.76. The molecule has 0 bridgehead atoms. The van der Waals surface area contributed by atoms with Crippen LogP contribution in [0.15, 0.2) is 48.5 Å². The third kappa shape index (κ3) is 3.61. The number of ether oxygens (including phenoxy) is 2. The van der Waals surface area contributed by atoms with Gasteiger partial charge in [0.05, 0.1) is 0 Å². The Hall–Kier alpha value is -2.24. The van der Waals surface area contributed by atoms with Crippen molar-refractivity contribution in [3.8, 4) is 28.7 Å². The third-order valence-electron chi connectivity index (χ3n) is 2.69. The molecule has 0 fully saturated rings. The van der Waals surface area contributed by atoms with Crippen LogP contribution in [0.4, 0.5) is 0 Å². The van der Waals surface area contributed by atoms with Gasteiger partial charge < -0.3 is 9.47 Å². The molecule has 0 spiro atoms. The van der Waals surface area contributed by atoms with Crippen LogP contribution in [0.2, 0.25) is 0 Å². The van der Waals surface area contributed by atoms with Crippen LogP contribution < -0.4 is 4.74 Å². The van der Waals surface area contributed by atoms with E-state index in [-0.39, 0.29) is 6.79 Å². The number of hydrogen-bond donors (Lipinski definition) is 0. The molecule has 96 valence electrons. The summed E-state index contributed by atoms with van der Waals surface area (Å²) in [5.41, 5.74) is 3.35. The van der Waals surface area contributed by atoms with Gasteiger partial charge in [-0.25, -0.2) is 0 Å². The van der Waals surface area contributed by atoms with Gasteiger partial charge in [0.1, 0.15) is 5.75 Å². The summed E-state index contributed by atoms with van der Waals surface area (Å²) in [4.78, 5) is 0. The topological polar surface area (TPSA) is 18.5 Å². The van der Waals surface area contributed by atoms with Gasteiger partial charge in [0.2, 0.25) is 0 Å². The van der Waals surface area contributed by atoms with E-state index >= 15 is 0 Å². The highest BCUT2D eigenvalue weighted by Gasteiger charge is 1.98. The first-order valence-electron chi connectivity index (χ1n) is 6.08. The summed E-state index contributed by atoms with van der Waals surface area (Å²) in [6, 6.07) is 16.1. The van der Waals surface area contributed by atoms with Crippen molar-refractivity contribution >= 4 is 0 Å². The van der Waals surface area contributed by atoms with Crippen molar-refractivity contribution in [2.75, 3.05) is 13.9 Å². The molecule has 0 aromatic heterocycles. The van der Waals surface area contributed by atoms with Crippen LogP contribution in [0.1, 0.15) is 12.5 Å². The monoisotopic (exact) mass is 252 g/mol. The summed E-state index contributed by atoms with van der Waals surface area (Å²) < 4.78 is 10.2. The van der Waals surface area contributed by atoms with E-state index in [0.717, 1.165) is 16.9 Å². The first kappa shape index (κ1) is 13.2. The summed E-state index contributed by atoms with van der Waals surface area (Å²) in [5.74, 6) is 6.73. The average Bonchev–Trinajstić information content (AvgIpc) is 2.47. The van der Waals surface area contributed by atoms with Crippen molar-refractivity contribution < 1.29 is 9.47 Å². The van der Waals surface area contributed by atoms with E-state index in [0.29, 0.717) is 0 Å². The summed E-state index contributed by atoms with van der Waals surface area (Å²) in [5, 5.41) is 0. The maximum absolute atomic E-state index is 5.36. The van der Waals surface area contributed by atoms with Crippen molar-refractivity contribution in [1.29, 1.82) is 0 Å². The van der Waals surface area contributed by atoms with Crippen LogP contribution in [0, 0.1) is 11.8 Å². The lowest BCUT2D eigenvalue weighted by molar-refractivity contribution is 0.0511. The van der Waals surface area contributed by atoms with Crippen molar-refractivity contribution in [2.45, 2.75) is 6.92 Å². The highest BCUT2D eigenvalue weighted by atomic mass is 16.7. The normalized spacial score (nSPS) is 9.58. The van der Waals surface area contributed by atoms with Crippen LogP contribution in [-0.4, -0.2) is 13.9 Å². The minimum atomic E-state index is 0.268. The number of hydrogen-bond acceptors (Lipinski definition) is 2. The number of rotatable bonds is 4. The molecule has 2 heteroatoms. The van der Waals surface area contributed by atoms with Crippen LogP contribution in [-0.2, 0) is 4.74 Å². The Bertz CT molecular complexity index is 571. The summed E-state index contributed by atoms with van der Waals surface area (Å²) >= 11 is 0. The number of methoxy groups -OCH3 is 1. The molecule has 0 atom stereocenters. The SMILES string of the molecule is CC#Cc1ccc(-c2ccc(OCOC)cc2)cc1. The second kappa shape index (κ2) is 6.63. The molecule has 0 amide bonds. The predicted molar refractivity (Wildman–Crippen MR) is 76.9 cm³/mol. The van der Waals surface area contributed by atoms with E-state index in [4.69, 9.17) is 9.47 Å². The molecule has 0 saturated heterocycles. The maximum Gasteiger partial charge on any atom is 0.188 e. The van der Waals surface area contributed by atoms with E-state index in [9.17, 15) is 0 Å². The Balaban J connectivity index is 2.14. The van der Waals surface area contributed by atoms with Gasteiger partial charge in [-0.2, -0.15) is 0 Å².